The fourth-order valence-electron chi connectivity index (χ4n) is 2.26. The number of ketones is 1. The van der Waals surface area contributed by atoms with E-state index in [4.69, 9.17) is 19.9 Å². The smallest absolute Gasteiger partial charge is 0.152 e. The summed E-state index contributed by atoms with van der Waals surface area (Å²) in [5.41, 5.74) is 7.07. The standard InChI is InChI=1S/C21H34N2O5/c1-18(24)4-5-19-6-8-20(9-7-19)21(25)23-11-3-13-27-15-17-28-16-14-26-12-2-10-22/h4-9,21,23,25H,2-3,10-17,22H2,1H3/b5-4-. The highest BCUT2D eigenvalue weighted by Crippen LogP contribution is 2.12. The summed E-state index contributed by atoms with van der Waals surface area (Å²) in [5.74, 6) is 0.00639. The van der Waals surface area contributed by atoms with Crippen LogP contribution in [0, 0.1) is 0 Å². The molecule has 0 amide bonds. The van der Waals surface area contributed by atoms with Crippen LogP contribution in [-0.4, -0.2) is 63.6 Å². The molecular weight excluding hydrogens is 360 g/mol. The van der Waals surface area contributed by atoms with E-state index >= 15 is 0 Å². The van der Waals surface area contributed by atoms with E-state index in [9.17, 15) is 9.90 Å². The summed E-state index contributed by atoms with van der Waals surface area (Å²) in [7, 11) is 0. The summed E-state index contributed by atoms with van der Waals surface area (Å²) in [4.78, 5) is 10.9. The first kappa shape index (κ1) is 24.4. The van der Waals surface area contributed by atoms with Gasteiger partial charge in [0.1, 0.15) is 6.23 Å². The Kier molecular flexibility index (Phi) is 14.3. The monoisotopic (exact) mass is 394 g/mol. The van der Waals surface area contributed by atoms with Crippen molar-refractivity contribution >= 4 is 11.9 Å². The quantitative estimate of drug-likeness (QED) is 0.210. The molecule has 1 unspecified atom stereocenters. The zero-order valence-corrected chi connectivity index (χ0v) is 16.8. The lowest BCUT2D eigenvalue weighted by molar-refractivity contribution is -0.112. The van der Waals surface area contributed by atoms with Gasteiger partial charge < -0.3 is 25.1 Å². The van der Waals surface area contributed by atoms with Gasteiger partial charge in [-0.25, -0.2) is 0 Å². The number of aliphatic hydroxyl groups excluding tert-OH is 1. The third-order valence-electron chi connectivity index (χ3n) is 3.80. The van der Waals surface area contributed by atoms with Crippen LogP contribution in [0.15, 0.2) is 30.3 Å². The molecule has 7 nitrogen and oxygen atoms in total. The zero-order chi connectivity index (χ0) is 20.5. The molecule has 0 aliphatic carbocycles. The first-order chi connectivity index (χ1) is 13.6. The predicted molar refractivity (Wildman–Crippen MR) is 110 cm³/mol. The van der Waals surface area contributed by atoms with Crippen molar-refractivity contribution in [3.63, 3.8) is 0 Å². The molecule has 4 N–H and O–H groups in total. The molecule has 158 valence electrons. The second-order valence-electron chi connectivity index (χ2n) is 6.30. The van der Waals surface area contributed by atoms with Crippen LogP contribution in [-0.2, 0) is 19.0 Å². The van der Waals surface area contributed by atoms with Crippen LogP contribution in [0.5, 0.6) is 0 Å². The van der Waals surface area contributed by atoms with Gasteiger partial charge in [0.2, 0.25) is 0 Å². The maximum absolute atomic E-state index is 10.9. The fourth-order valence-corrected chi connectivity index (χ4v) is 2.26. The Hall–Kier alpha value is -1.61. The highest BCUT2D eigenvalue weighted by Gasteiger charge is 2.05. The lowest BCUT2D eigenvalue weighted by Gasteiger charge is -2.13. The number of nitrogens with two attached hydrogens (primary N) is 1. The van der Waals surface area contributed by atoms with Crippen LogP contribution in [0.4, 0.5) is 0 Å². The van der Waals surface area contributed by atoms with Gasteiger partial charge in [-0.1, -0.05) is 30.3 Å². The number of hydrogen-bond donors (Lipinski definition) is 3. The summed E-state index contributed by atoms with van der Waals surface area (Å²) < 4.78 is 16.2. The Morgan fingerprint density at radius 2 is 1.61 bits per heavy atom. The third kappa shape index (κ3) is 12.7. The van der Waals surface area contributed by atoms with Crippen LogP contribution in [0.25, 0.3) is 6.08 Å². The Morgan fingerprint density at radius 1 is 1.04 bits per heavy atom. The van der Waals surface area contributed by atoms with Gasteiger partial charge in [-0.3, -0.25) is 10.1 Å². The molecule has 0 saturated heterocycles. The van der Waals surface area contributed by atoms with E-state index in [1.54, 1.807) is 6.08 Å². The van der Waals surface area contributed by atoms with E-state index in [2.05, 4.69) is 5.32 Å². The normalized spacial score (nSPS) is 12.5. The molecule has 0 radical (unpaired) electrons. The van der Waals surface area contributed by atoms with Crippen molar-refractivity contribution in [2.75, 3.05) is 52.7 Å². The number of rotatable bonds is 17. The van der Waals surface area contributed by atoms with Crippen LogP contribution >= 0.6 is 0 Å². The number of hydrogen-bond acceptors (Lipinski definition) is 7. The molecule has 0 saturated carbocycles. The Bertz CT molecular complexity index is 548. The molecule has 0 bridgehead atoms. The topological polar surface area (TPSA) is 103 Å². The van der Waals surface area contributed by atoms with Gasteiger partial charge >= 0.3 is 0 Å². The number of carbonyl (C=O) groups is 1. The van der Waals surface area contributed by atoms with Gasteiger partial charge in [0.25, 0.3) is 0 Å². The Morgan fingerprint density at radius 3 is 2.18 bits per heavy atom. The molecule has 0 heterocycles. The SMILES string of the molecule is CC(=O)/C=C\c1ccc(C(O)NCCCOCCOCCOCCCN)cc1. The van der Waals surface area contributed by atoms with Crippen molar-refractivity contribution in [2.45, 2.75) is 26.0 Å². The Balaban J connectivity index is 2.00. The van der Waals surface area contributed by atoms with Crippen molar-refractivity contribution < 1.29 is 24.1 Å². The Labute approximate surface area is 167 Å². The lowest BCUT2D eigenvalue weighted by atomic mass is 10.1. The molecular formula is C21H34N2O5. The van der Waals surface area contributed by atoms with Crippen LogP contribution in [0.3, 0.4) is 0 Å². The number of aliphatic hydroxyl groups is 1. The summed E-state index contributed by atoms with van der Waals surface area (Å²) in [6, 6.07) is 7.41. The molecule has 7 heteroatoms. The second kappa shape index (κ2) is 16.4. The van der Waals surface area contributed by atoms with Crippen molar-refractivity contribution in [2.24, 2.45) is 5.73 Å². The summed E-state index contributed by atoms with van der Waals surface area (Å²) in [5, 5.41) is 13.2. The van der Waals surface area contributed by atoms with E-state index in [1.165, 1.54) is 13.0 Å². The van der Waals surface area contributed by atoms with Crippen molar-refractivity contribution in [3.8, 4) is 0 Å². The first-order valence-electron chi connectivity index (χ1n) is 9.77. The molecule has 1 aromatic rings. The molecule has 0 aliphatic heterocycles. The van der Waals surface area contributed by atoms with Gasteiger partial charge in [0.05, 0.1) is 26.4 Å². The number of allylic oxidation sites excluding steroid dienone is 1. The fraction of sp³-hybridized carbons (Fsp3) is 0.571. The minimum Gasteiger partial charge on any atom is -0.379 e. The molecule has 1 atom stereocenters. The lowest BCUT2D eigenvalue weighted by Crippen LogP contribution is -2.23. The van der Waals surface area contributed by atoms with E-state index in [1.807, 2.05) is 24.3 Å². The van der Waals surface area contributed by atoms with Crippen LogP contribution < -0.4 is 11.1 Å². The summed E-state index contributed by atoms with van der Waals surface area (Å²) in [6.45, 7) is 6.30. The molecule has 0 fully saturated rings. The molecule has 1 rings (SSSR count). The second-order valence-corrected chi connectivity index (χ2v) is 6.30. The minimum atomic E-state index is -0.728. The van der Waals surface area contributed by atoms with Gasteiger partial charge in [0, 0.05) is 13.2 Å². The summed E-state index contributed by atoms with van der Waals surface area (Å²) in [6.07, 6.45) is 4.20. The number of ether oxygens (including phenoxy) is 3. The number of benzene rings is 1. The van der Waals surface area contributed by atoms with Crippen LogP contribution in [0.2, 0.25) is 0 Å². The average molecular weight is 395 g/mol. The van der Waals surface area contributed by atoms with Gasteiger partial charge in [-0.2, -0.15) is 0 Å². The first-order valence-corrected chi connectivity index (χ1v) is 9.77. The van der Waals surface area contributed by atoms with Crippen LogP contribution in [0.1, 0.15) is 37.1 Å². The number of carbonyl (C=O) groups excluding carboxylic acids is 1. The van der Waals surface area contributed by atoms with Gasteiger partial charge in [0.15, 0.2) is 5.78 Å². The molecule has 28 heavy (non-hydrogen) atoms. The minimum absolute atomic E-state index is 0.00639. The highest BCUT2D eigenvalue weighted by atomic mass is 16.5. The highest BCUT2D eigenvalue weighted by molar-refractivity contribution is 5.91. The third-order valence-corrected chi connectivity index (χ3v) is 3.80. The van der Waals surface area contributed by atoms with Gasteiger partial charge in [-0.05, 0) is 50.1 Å². The molecule has 0 aliphatic rings. The summed E-state index contributed by atoms with van der Waals surface area (Å²) >= 11 is 0. The van der Waals surface area contributed by atoms with E-state index in [-0.39, 0.29) is 5.78 Å². The maximum atomic E-state index is 10.9. The van der Waals surface area contributed by atoms with E-state index in [0.717, 1.165) is 24.0 Å². The molecule has 0 spiro atoms. The van der Waals surface area contributed by atoms with Gasteiger partial charge in [-0.15, -0.1) is 0 Å². The van der Waals surface area contributed by atoms with Crippen molar-refractivity contribution in [3.05, 3.63) is 41.5 Å². The van der Waals surface area contributed by atoms with Crippen molar-refractivity contribution in [1.82, 2.24) is 5.32 Å². The maximum Gasteiger partial charge on any atom is 0.152 e. The largest absolute Gasteiger partial charge is 0.379 e. The molecule has 0 aromatic heterocycles. The molecule has 1 aromatic carbocycles. The number of nitrogens with one attached hydrogen (secondary N) is 1. The zero-order valence-electron chi connectivity index (χ0n) is 16.8. The predicted octanol–water partition coefficient (Wildman–Crippen LogP) is 1.66. The van der Waals surface area contributed by atoms with E-state index < -0.39 is 6.23 Å². The van der Waals surface area contributed by atoms with E-state index in [0.29, 0.717) is 52.7 Å². The average Bonchev–Trinajstić information content (AvgIpc) is 2.70. The van der Waals surface area contributed by atoms with Crippen molar-refractivity contribution in [1.29, 1.82) is 0 Å².